The molecular weight excluding hydrogens is 460 g/mol. The molecule has 0 heterocycles. The van der Waals surface area contributed by atoms with Crippen molar-refractivity contribution in [1.82, 2.24) is 16.1 Å². The second kappa shape index (κ2) is 13.0. The second-order valence-electron chi connectivity index (χ2n) is 9.79. The van der Waals surface area contributed by atoms with Crippen LogP contribution in [0.3, 0.4) is 0 Å². The Bertz CT molecular complexity index is 1100. The minimum absolute atomic E-state index is 0.149. The van der Waals surface area contributed by atoms with Gasteiger partial charge in [-0.15, -0.1) is 0 Å². The first-order chi connectivity index (χ1) is 17.0. The number of nitrogens with two attached hydrogens (primary N) is 1. The van der Waals surface area contributed by atoms with Crippen molar-refractivity contribution in [3.8, 4) is 0 Å². The number of hydrogen-bond donors (Lipinski definition) is 5. The molecule has 0 fully saturated rings. The van der Waals surface area contributed by atoms with Gasteiger partial charge in [-0.3, -0.25) is 24.4 Å². The van der Waals surface area contributed by atoms with E-state index in [9.17, 15) is 19.2 Å². The summed E-state index contributed by atoms with van der Waals surface area (Å²) < 4.78 is 0. The van der Waals surface area contributed by atoms with Crippen LogP contribution in [-0.2, 0) is 14.4 Å². The molecule has 9 heteroatoms. The summed E-state index contributed by atoms with van der Waals surface area (Å²) in [6, 6.07) is 9.61. The highest BCUT2D eigenvalue weighted by Crippen LogP contribution is 2.28. The SMILES string of the molecule is CC[C@H](C)[C@H](NC(=O)c1c([C@H](C)NC(=O)C(CC(=O)NO)CC(C)C)ccc2ccccc12)C(N)=O. The van der Waals surface area contributed by atoms with Gasteiger partial charge in [0.05, 0.1) is 11.6 Å². The average molecular weight is 499 g/mol. The molecule has 0 spiro atoms. The summed E-state index contributed by atoms with van der Waals surface area (Å²) in [5, 5.41) is 16.2. The highest BCUT2D eigenvalue weighted by Gasteiger charge is 2.29. The Morgan fingerprint density at radius 3 is 2.22 bits per heavy atom. The van der Waals surface area contributed by atoms with Gasteiger partial charge in [-0.1, -0.05) is 70.5 Å². The lowest BCUT2D eigenvalue weighted by molar-refractivity contribution is -0.135. The number of nitrogens with one attached hydrogen (secondary N) is 3. The van der Waals surface area contributed by atoms with Crippen molar-refractivity contribution >= 4 is 34.4 Å². The molecule has 2 aromatic rings. The molecule has 0 aliphatic carbocycles. The number of hydroxylamine groups is 1. The minimum atomic E-state index is -0.841. The second-order valence-corrected chi connectivity index (χ2v) is 9.79. The maximum atomic E-state index is 13.6. The summed E-state index contributed by atoms with van der Waals surface area (Å²) in [5.41, 5.74) is 8.09. The molecule has 4 atom stereocenters. The molecule has 0 aliphatic rings. The van der Waals surface area contributed by atoms with Crippen molar-refractivity contribution in [2.45, 2.75) is 66.0 Å². The third kappa shape index (κ3) is 7.27. The molecule has 9 nitrogen and oxygen atoms in total. The molecule has 196 valence electrons. The fraction of sp³-hybridized carbons (Fsp3) is 0.481. The number of fused-ring (bicyclic) bond motifs is 1. The molecule has 0 aromatic heterocycles. The lowest BCUT2D eigenvalue weighted by Crippen LogP contribution is -2.48. The summed E-state index contributed by atoms with van der Waals surface area (Å²) in [5.74, 6) is -2.72. The molecular formula is C27H38N4O5. The lowest BCUT2D eigenvalue weighted by atomic mass is 9.91. The van der Waals surface area contributed by atoms with Crippen molar-refractivity contribution < 1.29 is 24.4 Å². The van der Waals surface area contributed by atoms with E-state index < -0.39 is 35.7 Å². The number of primary amides is 1. The smallest absolute Gasteiger partial charge is 0.252 e. The Balaban J connectivity index is 2.45. The number of benzene rings is 2. The molecule has 0 saturated heterocycles. The van der Waals surface area contributed by atoms with Crippen LogP contribution in [-0.4, -0.2) is 34.9 Å². The highest BCUT2D eigenvalue weighted by molar-refractivity contribution is 6.09. The zero-order valence-corrected chi connectivity index (χ0v) is 21.6. The van der Waals surface area contributed by atoms with Crippen molar-refractivity contribution in [3.63, 3.8) is 0 Å². The van der Waals surface area contributed by atoms with E-state index in [1.54, 1.807) is 18.5 Å². The monoisotopic (exact) mass is 498 g/mol. The van der Waals surface area contributed by atoms with Gasteiger partial charge < -0.3 is 16.4 Å². The fourth-order valence-electron chi connectivity index (χ4n) is 4.38. The molecule has 6 N–H and O–H groups in total. The summed E-state index contributed by atoms with van der Waals surface area (Å²) in [6.07, 6.45) is 0.946. The zero-order valence-electron chi connectivity index (χ0n) is 21.6. The normalized spacial score (nSPS) is 14.5. The van der Waals surface area contributed by atoms with Gasteiger partial charge in [-0.25, -0.2) is 5.48 Å². The first-order valence-electron chi connectivity index (χ1n) is 12.3. The molecule has 36 heavy (non-hydrogen) atoms. The van der Waals surface area contributed by atoms with Gasteiger partial charge in [0.15, 0.2) is 0 Å². The van der Waals surface area contributed by atoms with Crippen LogP contribution >= 0.6 is 0 Å². The predicted octanol–water partition coefficient (Wildman–Crippen LogP) is 3.20. The van der Waals surface area contributed by atoms with E-state index in [-0.39, 0.29) is 24.2 Å². The van der Waals surface area contributed by atoms with Crippen molar-refractivity contribution in [1.29, 1.82) is 0 Å². The van der Waals surface area contributed by atoms with E-state index >= 15 is 0 Å². The summed E-state index contributed by atoms with van der Waals surface area (Å²) >= 11 is 0. The van der Waals surface area contributed by atoms with Crippen LogP contribution in [0, 0.1) is 17.8 Å². The Kier molecular flexibility index (Phi) is 10.4. The number of carbonyl (C=O) groups excluding carboxylic acids is 4. The van der Waals surface area contributed by atoms with E-state index in [1.165, 1.54) is 0 Å². The number of amides is 4. The van der Waals surface area contributed by atoms with Crippen LogP contribution < -0.4 is 21.8 Å². The standard InChI is InChI=1S/C27H38N4O5/c1-6-16(4)24(25(28)33)30-27(35)23-20(12-11-18-9-7-8-10-21(18)23)17(5)29-26(34)19(13-15(2)3)14-22(32)31-36/h7-12,15-17,19,24,36H,6,13-14H2,1-5H3,(H2,28,33)(H,29,34)(H,30,35)(H,31,32)/t16-,17-,19?,24-/m0/s1. The molecule has 2 rings (SSSR count). The molecule has 0 radical (unpaired) electrons. The fourth-order valence-corrected chi connectivity index (χ4v) is 4.38. The van der Waals surface area contributed by atoms with Gasteiger partial charge in [0, 0.05) is 12.3 Å². The third-order valence-corrected chi connectivity index (χ3v) is 6.50. The van der Waals surface area contributed by atoms with Crippen molar-refractivity contribution in [3.05, 3.63) is 47.5 Å². The Hall–Kier alpha value is -3.46. The van der Waals surface area contributed by atoms with Crippen LogP contribution in [0.2, 0.25) is 0 Å². The van der Waals surface area contributed by atoms with Gasteiger partial charge in [0.25, 0.3) is 5.91 Å². The van der Waals surface area contributed by atoms with Crippen LogP contribution in [0.5, 0.6) is 0 Å². The number of hydrogen-bond acceptors (Lipinski definition) is 5. The number of carbonyl (C=O) groups is 4. The van der Waals surface area contributed by atoms with E-state index in [2.05, 4.69) is 10.6 Å². The van der Waals surface area contributed by atoms with E-state index in [0.29, 0.717) is 29.4 Å². The lowest BCUT2D eigenvalue weighted by Gasteiger charge is -2.25. The minimum Gasteiger partial charge on any atom is -0.368 e. The molecule has 1 unspecified atom stereocenters. The van der Waals surface area contributed by atoms with E-state index in [4.69, 9.17) is 10.9 Å². The Labute approximate surface area is 212 Å². The summed E-state index contributed by atoms with van der Waals surface area (Å²) in [4.78, 5) is 50.5. The molecule has 0 bridgehead atoms. The van der Waals surface area contributed by atoms with Gasteiger partial charge >= 0.3 is 0 Å². The summed E-state index contributed by atoms with van der Waals surface area (Å²) in [7, 11) is 0. The number of rotatable bonds is 12. The summed E-state index contributed by atoms with van der Waals surface area (Å²) in [6.45, 7) is 9.41. The van der Waals surface area contributed by atoms with Gasteiger partial charge in [-0.2, -0.15) is 0 Å². The van der Waals surface area contributed by atoms with Gasteiger partial charge in [-0.05, 0) is 41.5 Å². The quantitative estimate of drug-likeness (QED) is 0.225. The first kappa shape index (κ1) is 28.8. The van der Waals surface area contributed by atoms with Gasteiger partial charge in [0.1, 0.15) is 6.04 Å². The van der Waals surface area contributed by atoms with Crippen molar-refractivity contribution in [2.75, 3.05) is 0 Å². The van der Waals surface area contributed by atoms with Crippen LogP contribution in [0.4, 0.5) is 0 Å². The molecule has 0 saturated carbocycles. The zero-order chi connectivity index (χ0) is 27.0. The third-order valence-electron chi connectivity index (χ3n) is 6.50. The Morgan fingerprint density at radius 2 is 1.64 bits per heavy atom. The Morgan fingerprint density at radius 1 is 0.972 bits per heavy atom. The maximum Gasteiger partial charge on any atom is 0.252 e. The average Bonchev–Trinajstić information content (AvgIpc) is 2.84. The van der Waals surface area contributed by atoms with E-state index in [1.807, 2.05) is 58.0 Å². The largest absolute Gasteiger partial charge is 0.368 e. The molecule has 4 amide bonds. The molecule has 2 aromatic carbocycles. The topological polar surface area (TPSA) is 151 Å². The molecule has 0 aliphatic heterocycles. The van der Waals surface area contributed by atoms with Crippen LogP contribution in [0.1, 0.15) is 75.8 Å². The van der Waals surface area contributed by atoms with E-state index in [0.717, 1.165) is 5.39 Å². The highest BCUT2D eigenvalue weighted by atomic mass is 16.5. The van der Waals surface area contributed by atoms with Crippen LogP contribution in [0.25, 0.3) is 10.8 Å². The van der Waals surface area contributed by atoms with Crippen LogP contribution in [0.15, 0.2) is 36.4 Å². The maximum absolute atomic E-state index is 13.6. The predicted molar refractivity (Wildman–Crippen MR) is 138 cm³/mol. The van der Waals surface area contributed by atoms with Gasteiger partial charge in [0.2, 0.25) is 17.7 Å². The van der Waals surface area contributed by atoms with Crippen molar-refractivity contribution in [2.24, 2.45) is 23.5 Å². The first-order valence-corrected chi connectivity index (χ1v) is 12.3.